The summed E-state index contributed by atoms with van der Waals surface area (Å²) >= 11 is 1.87. The van der Waals surface area contributed by atoms with Gasteiger partial charge in [0.15, 0.2) is 0 Å². The molecule has 120 valence electrons. The Kier molecular flexibility index (Phi) is 3.25. The number of H-pyrrole nitrogens is 1. The van der Waals surface area contributed by atoms with E-state index in [-0.39, 0.29) is 0 Å². The Morgan fingerprint density at radius 2 is 1.40 bits per heavy atom. The summed E-state index contributed by atoms with van der Waals surface area (Å²) in [6.45, 7) is 2.23. The van der Waals surface area contributed by atoms with Crippen molar-refractivity contribution >= 4 is 32.3 Å². The second-order valence-electron chi connectivity index (χ2n) is 6.34. The third-order valence-electron chi connectivity index (χ3n) is 4.84. The van der Waals surface area contributed by atoms with Crippen LogP contribution < -0.4 is 0 Å². The van der Waals surface area contributed by atoms with Gasteiger partial charge in [-0.2, -0.15) is 0 Å². The molecule has 0 aliphatic heterocycles. The molecule has 1 N–H and O–H groups in total. The molecule has 0 amide bonds. The number of aromatic amines is 1. The van der Waals surface area contributed by atoms with Gasteiger partial charge in [0, 0.05) is 21.2 Å². The molecule has 0 bridgehead atoms. The van der Waals surface area contributed by atoms with Crippen LogP contribution in [0, 0.1) is 6.92 Å². The molecular formula is C23H17NS. The normalized spacial score (nSPS) is 11.4. The molecule has 0 atom stereocenters. The largest absolute Gasteiger partial charge is 0.353 e. The monoisotopic (exact) mass is 339 g/mol. The summed E-state index contributed by atoms with van der Waals surface area (Å²) in [5, 5.41) is 2.63. The maximum Gasteiger partial charge on any atom is 0.0649 e. The van der Waals surface area contributed by atoms with E-state index < -0.39 is 0 Å². The maximum absolute atomic E-state index is 3.69. The predicted octanol–water partition coefficient (Wildman–Crippen LogP) is 7.03. The van der Waals surface area contributed by atoms with E-state index in [1.807, 2.05) is 11.3 Å². The zero-order valence-corrected chi connectivity index (χ0v) is 14.7. The van der Waals surface area contributed by atoms with Crippen LogP contribution in [0.2, 0.25) is 0 Å². The van der Waals surface area contributed by atoms with Gasteiger partial charge in [0.25, 0.3) is 0 Å². The van der Waals surface area contributed by atoms with Gasteiger partial charge in [-0.15, -0.1) is 11.3 Å². The molecule has 0 aliphatic carbocycles. The highest BCUT2D eigenvalue weighted by Gasteiger charge is 2.19. The van der Waals surface area contributed by atoms with Gasteiger partial charge in [0.2, 0.25) is 0 Å². The molecule has 0 spiro atoms. The molecule has 2 heterocycles. The fraction of sp³-hybridized carbons (Fsp3) is 0.0435. The Morgan fingerprint density at radius 1 is 0.720 bits per heavy atom. The summed E-state index contributed by atoms with van der Waals surface area (Å²) in [5.74, 6) is 0. The van der Waals surface area contributed by atoms with Crippen LogP contribution in [-0.2, 0) is 0 Å². The topological polar surface area (TPSA) is 15.8 Å². The van der Waals surface area contributed by atoms with E-state index in [9.17, 15) is 0 Å². The lowest BCUT2D eigenvalue weighted by atomic mass is 10.00. The number of rotatable bonds is 2. The number of fused-ring (bicyclic) bond motifs is 2. The molecule has 0 unspecified atom stereocenters. The Morgan fingerprint density at radius 3 is 2.20 bits per heavy atom. The Labute approximate surface area is 150 Å². The van der Waals surface area contributed by atoms with Gasteiger partial charge in [-0.1, -0.05) is 66.7 Å². The fourth-order valence-corrected chi connectivity index (χ4v) is 4.85. The molecule has 2 heteroatoms. The summed E-state index contributed by atoms with van der Waals surface area (Å²) in [6, 6.07) is 27.9. The van der Waals surface area contributed by atoms with Gasteiger partial charge >= 0.3 is 0 Å². The number of hydrogen-bond acceptors (Lipinski definition) is 1. The van der Waals surface area contributed by atoms with Crippen LogP contribution >= 0.6 is 11.3 Å². The molecule has 5 aromatic rings. The number of aryl methyl sites for hydroxylation is 1. The van der Waals surface area contributed by atoms with E-state index in [1.165, 1.54) is 48.3 Å². The zero-order valence-electron chi connectivity index (χ0n) is 13.9. The van der Waals surface area contributed by atoms with E-state index in [0.717, 1.165) is 0 Å². The smallest absolute Gasteiger partial charge is 0.0649 e. The highest BCUT2D eigenvalue weighted by atomic mass is 32.1. The van der Waals surface area contributed by atoms with E-state index in [2.05, 4.69) is 90.8 Å². The van der Waals surface area contributed by atoms with Crippen LogP contribution in [0.1, 0.15) is 5.56 Å². The Hall–Kier alpha value is -2.84. The lowest BCUT2D eigenvalue weighted by molar-refractivity contribution is 1.45. The van der Waals surface area contributed by atoms with Crippen molar-refractivity contribution in [2.75, 3.05) is 0 Å². The van der Waals surface area contributed by atoms with Crippen molar-refractivity contribution in [3.05, 3.63) is 84.4 Å². The van der Waals surface area contributed by atoms with Crippen LogP contribution in [0.3, 0.4) is 0 Å². The first-order valence-corrected chi connectivity index (χ1v) is 9.29. The molecule has 0 saturated carbocycles. The van der Waals surface area contributed by atoms with Crippen LogP contribution in [0.4, 0.5) is 0 Å². The van der Waals surface area contributed by atoms with Crippen LogP contribution in [0.25, 0.3) is 42.7 Å². The molecular weight excluding hydrogens is 322 g/mol. The third-order valence-corrected chi connectivity index (χ3v) is 6.13. The van der Waals surface area contributed by atoms with Crippen molar-refractivity contribution in [3.63, 3.8) is 0 Å². The summed E-state index contributed by atoms with van der Waals surface area (Å²) in [6.07, 6.45) is 0. The minimum atomic E-state index is 1.19. The maximum atomic E-state index is 3.69. The van der Waals surface area contributed by atoms with Crippen LogP contribution in [0.5, 0.6) is 0 Å². The average molecular weight is 339 g/mol. The van der Waals surface area contributed by atoms with E-state index >= 15 is 0 Å². The number of hydrogen-bond donors (Lipinski definition) is 1. The van der Waals surface area contributed by atoms with Crippen molar-refractivity contribution in [3.8, 4) is 21.7 Å². The van der Waals surface area contributed by atoms with Crippen molar-refractivity contribution in [2.45, 2.75) is 6.92 Å². The highest BCUT2D eigenvalue weighted by molar-refractivity contribution is 7.22. The second-order valence-corrected chi connectivity index (χ2v) is 7.39. The summed E-state index contributed by atoms with van der Waals surface area (Å²) in [7, 11) is 0. The predicted molar refractivity (Wildman–Crippen MR) is 109 cm³/mol. The molecule has 3 aromatic carbocycles. The molecule has 0 aliphatic rings. The lowest BCUT2D eigenvalue weighted by Crippen LogP contribution is -1.82. The highest BCUT2D eigenvalue weighted by Crippen LogP contribution is 2.44. The Balaban J connectivity index is 1.88. The van der Waals surface area contributed by atoms with Gasteiger partial charge in [-0.25, -0.2) is 0 Å². The SMILES string of the molecule is Cc1c(-c2[nH]c3ccccc3c2-c2ccccc2)sc2ccccc12. The second kappa shape index (κ2) is 5.61. The molecule has 2 aromatic heterocycles. The lowest BCUT2D eigenvalue weighted by Gasteiger charge is -2.05. The van der Waals surface area contributed by atoms with Gasteiger partial charge in [0.05, 0.1) is 10.6 Å². The number of nitrogens with one attached hydrogen (secondary N) is 1. The van der Waals surface area contributed by atoms with Crippen molar-refractivity contribution in [2.24, 2.45) is 0 Å². The number of para-hydroxylation sites is 1. The van der Waals surface area contributed by atoms with Crippen molar-refractivity contribution in [1.29, 1.82) is 0 Å². The number of thiophene rings is 1. The van der Waals surface area contributed by atoms with Crippen molar-refractivity contribution < 1.29 is 0 Å². The minimum Gasteiger partial charge on any atom is -0.353 e. The third kappa shape index (κ3) is 2.22. The summed E-state index contributed by atoms with van der Waals surface area (Å²) < 4.78 is 1.34. The standard InChI is InChI=1S/C23H17NS/c1-15-17-11-6-8-14-20(17)25-23(15)22-21(16-9-3-2-4-10-16)18-12-5-7-13-19(18)24-22/h2-14,24H,1H3. The van der Waals surface area contributed by atoms with Crippen LogP contribution in [0.15, 0.2) is 78.9 Å². The molecule has 5 rings (SSSR count). The molecule has 1 nitrogen and oxygen atoms in total. The van der Waals surface area contributed by atoms with Crippen LogP contribution in [-0.4, -0.2) is 4.98 Å². The minimum absolute atomic E-state index is 1.19. The first-order chi connectivity index (χ1) is 12.3. The first kappa shape index (κ1) is 14.5. The Bertz CT molecular complexity index is 1190. The number of aromatic nitrogens is 1. The van der Waals surface area contributed by atoms with E-state index in [0.29, 0.717) is 0 Å². The van der Waals surface area contributed by atoms with E-state index in [1.54, 1.807) is 0 Å². The van der Waals surface area contributed by atoms with E-state index in [4.69, 9.17) is 0 Å². The van der Waals surface area contributed by atoms with Gasteiger partial charge in [0.1, 0.15) is 0 Å². The molecule has 0 radical (unpaired) electrons. The quantitative estimate of drug-likeness (QED) is 0.355. The van der Waals surface area contributed by atoms with Gasteiger partial charge in [-0.3, -0.25) is 0 Å². The number of benzene rings is 3. The summed E-state index contributed by atoms with van der Waals surface area (Å²) in [5.41, 5.74) is 6.32. The van der Waals surface area contributed by atoms with Gasteiger partial charge in [-0.05, 0) is 35.6 Å². The average Bonchev–Trinajstić information content (AvgIpc) is 3.21. The first-order valence-electron chi connectivity index (χ1n) is 8.47. The summed E-state index contributed by atoms with van der Waals surface area (Å²) in [4.78, 5) is 5.02. The van der Waals surface area contributed by atoms with Crippen molar-refractivity contribution in [1.82, 2.24) is 4.98 Å². The molecule has 0 saturated heterocycles. The zero-order chi connectivity index (χ0) is 16.8. The molecule has 25 heavy (non-hydrogen) atoms. The van der Waals surface area contributed by atoms with Gasteiger partial charge < -0.3 is 4.98 Å². The molecule has 0 fully saturated rings. The fourth-order valence-electron chi connectivity index (χ4n) is 3.63.